The quantitative estimate of drug-likeness (QED) is 0.182. The number of nitrogens with zero attached hydrogens (tertiary/aromatic N) is 1. The zero-order valence-electron chi connectivity index (χ0n) is 24.1. The molecule has 0 aliphatic carbocycles. The van der Waals surface area contributed by atoms with E-state index in [0.29, 0.717) is 46.5 Å². The van der Waals surface area contributed by atoms with E-state index in [2.05, 4.69) is 26.1 Å². The molecule has 0 aliphatic heterocycles. The lowest BCUT2D eigenvalue weighted by Gasteiger charge is -2.25. The van der Waals surface area contributed by atoms with E-state index in [-0.39, 0.29) is 17.9 Å². The zero-order chi connectivity index (χ0) is 30.3. The van der Waals surface area contributed by atoms with Crippen molar-refractivity contribution in [2.24, 2.45) is 0 Å². The maximum absolute atomic E-state index is 12.9. The van der Waals surface area contributed by atoms with Crippen LogP contribution in [0.5, 0.6) is 17.2 Å². The molecule has 0 aromatic heterocycles. The van der Waals surface area contributed by atoms with E-state index in [4.69, 9.17) is 21.1 Å². The number of ether oxygens (including phenoxy) is 2. The van der Waals surface area contributed by atoms with Crippen LogP contribution in [0.3, 0.4) is 0 Å². The lowest BCUT2D eigenvalue weighted by atomic mass is 9.87. The minimum absolute atomic E-state index is 0.0219. The highest BCUT2D eigenvalue weighted by atomic mass is 35.5. The second-order valence-electron chi connectivity index (χ2n) is 10.9. The number of carbonyl (C=O) groups is 1. The van der Waals surface area contributed by atoms with E-state index in [1.807, 2.05) is 42.5 Å². The standard InChI is InChI=1S/C33H35ClN2O5S/c1-33(2,3)26-14-17-28(18-15-26)40-21-20-35-32(37)25-12-10-24(11-13-25)23-36(42(4,38)39)30-22-27(34)16-19-31(30)41-29-8-6-5-7-9-29/h5-19,22H,20-21,23H2,1-4H3,(H,35,37). The lowest BCUT2D eigenvalue weighted by Crippen LogP contribution is -2.30. The summed E-state index contributed by atoms with van der Waals surface area (Å²) in [6.07, 6.45) is 1.13. The van der Waals surface area contributed by atoms with Gasteiger partial charge in [0.25, 0.3) is 5.91 Å². The van der Waals surface area contributed by atoms with Crippen molar-refractivity contribution < 1.29 is 22.7 Å². The van der Waals surface area contributed by atoms with Crippen molar-refractivity contribution in [3.63, 3.8) is 0 Å². The summed E-state index contributed by atoms with van der Waals surface area (Å²) in [7, 11) is -3.72. The van der Waals surface area contributed by atoms with Crippen molar-refractivity contribution in [3.05, 3.63) is 119 Å². The van der Waals surface area contributed by atoms with E-state index < -0.39 is 10.0 Å². The fraction of sp³-hybridized carbons (Fsp3) is 0.242. The molecule has 0 bridgehead atoms. The fourth-order valence-electron chi connectivity index (χ4n) is 4.18. The van der Waals surface area contributed by atoms with Gasteiger partial charge in [-0.25, -0.2) is 8.42 Å². The number of nitrogens with one attached hydrogen (secondary N) is 1. The molecule has 0 unspecified atom stereocenters. The third-order valence-electron chi connectivity index (χ3n) is 6.48. The van der Waals surface area contributed by atoms with Crippen LogP contribution < -0.4 is 19.1 Å². The van der Waals surface area contributed by atoms with Crippen LogP contribution >= 0.6 is 11.6 Å². The Morgan fingerprint density at radius 3 is 2.17 bits per heavy atom. The molecule has 4 aromatic rings. The number of sulfonamides is 1. The molecule has 0 saturated heterocycles. The number of amides is 1. The first-order chi connectivity index (χ1) is 19.9. The third-order valence-corrected chi connectivity index (χ3v) is 7.84. The zero-order valence-corrected chi connectivity index (χ0v) is 25.7. The normalized spacial score (nSPS) is 11.5. The first-order valence-electron chi connectivity index (χ1n) is 13.5. The summed E-state index contributed by atoms with van der Waals surface area (Å²) in [6.45, 7) is 7.16. The van der Waals surface area contributed by atoms with Gasteiger partial charge in [-0.05, 0) is 71.1 Å². The highest BCUT2D eigenvalue weighted by Gasteiger charge is 2.23. The Kier molecular flexibility index (Phi) is 9.81. The first kappa shape index (κ1) is 30.9. The van der Waals surface area contributed by atoms with Gasteiger partial charge in [-0.2, -0.15) is 0 Å². The van der Waals surface area contributed by atoms with Crippen molar-refractivity contribution in [2.45, 2.75) is 32.7 Å². The summed E-state index contributed by atoms with van der Waals surface area (Å²) >= 11 is 6.25. The number of hydrogen-bond donors (Lipinski definition) is 1. The molecule has 42 heavy (non-hydrogen) atoms. The number of benzene rings is 4. The van der Waals surface area contributed by atoms with Gasteiger partial charge in [0, 0.05) is 10.6 Å². The molecule has 1 N–H and O–H groups in total. The molecular weight excluding hydrogens is 572 g/mol. The van der Waals surface area contributed by atoms with Crippen LogP contribution in [-0.2, 0) is 22.0 Å². The van der Waals surface area contributed by atoms with E-state index in [1.165, 1.54) is 9.87 Å². The summed E-state index contributed by atoms with van der Waals surface area (Å²) in [5.41, 5.74) is 2.74. The van der Waals surface area contributed by atoms with Crippen molar-refractivity contribution in [1.29, 1.82) is 0 Å². The van der Waals surface area contributed by atoms with Gasteiger partial charge < -0.3 is 14.8 Å². The maximum Gasteiger partial charge on any atom is 0.251 e. The topological polar surface area (TPSA) is 84.9 Å². The number of rotatable bonds is 11. The van der Waals surface area contributed by atoms with Crippen molar-refractivity contribution in [1.82, 2.24) is 5.32 Å². The van der Waals surface area contributed by atoms with Crippen LogP contribution in [0, 0.1) is 0 Å². The monoisotopic (exact) mass is 606 g/mol. The molecule has 0 fully saturated rings. The second-order valence-corrected chi connectivity index (χ2v) is 13.2. The molecular formula is C33H35ClN2O5S. The van der Waals surface area contributed by atoms with Crippen molar-refractivity contribution in [2.75, 3.05) is 23.7 Å². The Hall–Kier alpha value is -4.01. The Bertz CT molecular complexity index is 1600. The first-order valence-corrected chi connectivity index (χ1v) is 15.7. The highest BCUT2D eigenvalue weighted by molar-refractivity contribution is 7.92. The van der Waals surface area contributed by atoms with Gasteiger partial charge in [0.05, 0.1) is 25.0 Å². The van der Waals surface area contributed by atoms with Crippen LogP contribution in [0.25, 0.3) is 0 Å². The minimum atomic E-state index is -3.72. The van der Waals surface area contributed by atoms with Gasteiger partial charge in [-0.3, -0.25) is 9.10 Å². The number of carbonyl (C=O) groups excluding carboxylic acids is 1. The average Bonchev–Trinajstić information content (AvgIpc) is 2.95. The van der Waals surface area contributed by atoms with Crippen LogP contribution in [0.15, 0.2) is 97.1 Å². The summed E-state index contributed by atoms with van der Waals surface area (Å²) < 4.78 is 38.8. The fourth-order valence-corrected chi connectivity index (χ4v) is 5.23. The molecule has 0 radical (unpaired) electrons. The molecule has 0 aliphatic rings. The smallest absolute Gasteiger partial charge is 0.251 e. The van der Waals surface area contributed by atoms with Gasteiger partial charge in [0.1, 0.15) is 18.1 Å². The van der Waals surface area contributed by atoms with E-state index >= 15 is 0 Å². The summed E-state index contributed by atoms with van der Waals surface area (Å²) in [4.78, 5) is 12.7. The molecule has 0 spiro atoms. The summed E-state index contributed by atoms with van der Waals surface area (Å²) in [5, 5.41) is 3.22. The lowest BCUT2D eigenvalue weighted by molar-refractivity contribution is 0.0947. The van der Waals surface area contributed by atoms with Gasteiger partial charge in [0.2, 0.25) is 10.0 Å². The molecule has 0 saturated carbocycles. The molecule has 220 valence electrons. The number of halogens is 1. The van der Waals surface area contributed by atoms with Gasteiger partial charge in [-0.15, -0.1) is 0 Å². The van der Waals surface area contributed by atoms with Gasteiger partial charge in [0.15, 0.2) is 5.75 Å². The maximum atomic E-state index is 12.9. The molecule has 0 heterocycles. The summed E-state index contributed by atoms with van der Waals surface area (Å²) in [5.74, 6) is 1.41. The highest BCUT2D eigenvalue weighted by Crippen LogP contribution is 2.37. The number of anilines is 1. The van der Waals surface area contributed by atoms with Crippen LogP contribution in [0.1, 0.15) is 42.3 Å². The van der Waals surface area contributed by atoms with E-state index in [0.717, 1.165) is 12.0 Å². The molecule has 1 amide bonds. The predicted molar refractivity (Wildman–Crippen MR) is 168 cm³/mol. The molecule has 4 rings (SSSR count). The molecule has 0 atom stereocenters. The SMILES string of the molecule is CC(C)(C)c1ccc(OCCNC(=O)c2ccc(CN(c3cc(Cl)ccc3Oc3ccccc3)S(C)(=O)=O)cc2)cc1. The predicted octanol–water partition coefficient (Wildman–Crippen LogP) is 7.20. The van der Waals surface area contributed by atoms with Gasteiger partial charge >= 0.3 is 0 Å². The second kappa shape index (κ2) is 13.3. The number of hydrogen-bond acceptors (Lipinski definition) is 5. The summed E-state index contributed by atoms with van der Waals surface area (Å²) in [6, 6.07) is 28.7. The molecule has 4 aromatic carbocycles. The Balaban J connectivity index is 1.39. The number of para-hydroxylation sites is 1. The average molecular weight is 607 g/mol. The van der Waals surface area contributed by atoms with E-state index in [9.17, 15) is 13.2 Å². The largest absolute Gasteiger partial charge is 0.492 e. The van der Waals surface area contributed by atoms with Crippen LogP contribution in [-0.4, -0.2) is 33.7 Å². The Labute approximate surface area is 253 Å². The minimum Gasteiger partial charge on any atom is -0.492 e. The molecule has 9 heteroatoms. The molecule has 7 nitrogen and oxygen atoms in total. The Morgan fingerprint density at radius 1 is 0.881 bits per heavy atom. The van der Waals surface area contributed by atoms with Crippen LogP contribution in [0.2, 0.25) is 5.02 Å². The Morgan fingerprint density at radius 2 is 1.55 bits per heavy atom. The van der Waals surface area contributed by atoms with E-state index in [1.54, 1.807) is 54.6 Å². The van der Waals surface area contributed by atoms with Crippen molar-refractivity contribution in [3.8, 4) is 17.2 Å². The third kappa shape index (κ3) is 8.50. The van der Waals surface area contributed by atoms with Crippen LogP contribution in [0.4, 0.5) is 5.69 Å². The van der Waals surface area contributed by atoms with Gasteiger partial charge in [-0.1, -0.05) is 74.8 Å². The van der Waals surface area contributed by atoms with Crippen molar-refractivity contribution >= 4 is 33.2 Å².